The second-order valence-corrected chi connectivity index (χ2v) is 10.0. The van der Waals surface area contributed by atoms with E-state index >= 15 is 0 Å². The Morgan fingerprint density at radius 2 is 1.03 bits per heavy atom. The summed E-state index contributed by atoms with van der Waals surface area (Å²) in [6.07, 6.45) is -3.09. The molecule has 0 aliphatic heterocycles. The van der Waals surface area contributed by atoms with Crippen molar-refractivity contribution in [1.29, 1.82) is 0 Å². The van der Waals surface area contributed by atoms with Gasteiger partial charge in [-0.15, -0.1) is 0 Å². The van der Waals surface area contributed by atoms with Gasteiger partial charge in [0.25, 0.3) is 5.91 Å². The van der Waals surface area contributed by atoms with Crippen molar-refractivity contribution < 1.29 is 33.4 Å². The molecular weight excluding hydrogens is 380 g/mol. The summed E-state index contributed by atoms with van der Waals surface area (Å²) in [5.41, 5.74) is -2.66. The number of hydrogen-bond acceptors (Lipinski definition) is 7. The van der Waals surface area contributed by atoms with Crippen LogP contribution in [-0.4, -0.2) is 51.9 Å². The maximum absolute atomic E-state index is 12.8. The number of nitrogens with one attached hydrogen (secondary N) is 1. The maximum Gasteiger partial charge on any atom is 0.420 e. The highest BCUT2D eigenvalue weighted by Gasteiger charge is 2.42. The van der Waals surface area contributed by atoms with Crippen molar-refractivity contribution in [2.24, 2.45) is 5.92 Å². The van der Waals surface area contributed by atoms with Gasteiger partial charge in [0, 0.05) is 0 Å². The number of amides is 4. The lowest BCUT2D eigenvalue weighted by Gasteiger charge is -2.34. The van der Waals surface area contributed by atoms with E-state index in [1.807, 2.05) is 0 Å². The minimum absolute atomic E-state index is 0.544. The monoisotopic (exact) mass is 416 g/mol. The van der Waals surface area contributed by atoms with Gasteiger partial charge in [-0.05, 0) is 68.2 Å². The molecule has 9 nitrogen and oxygen atoms in total. The summed E-state index contributed by atoms with van der Waals surface area (Å²) >= 11 is 0. The third kappa shape index (κ3) is 10.7. The number of carbonyl (C=O) groups is 4. The topological polar surface area (TPSA) is 111 Å². The molecule has 0 aromatic rings. The molecule has 0 saturated carbocycles. The zero-order valence-corrected chi connectivity index (χ0v) is 19.5. The van der Waals surface area contributed by atoms with E-state index in [2.05, 4.69) is 5.32 Å². The molecular formula is C20H36N2O7. The summed E-state index contributed by atoms with van der Waals surface area (Å²) in [6, 6.07) is -1.35. The summed E-state index contributed by atoms with van der Waals surface area (Å²) in [6.45, 7) is 18.0. The average molecular weight is 417 g/mol. The van der Waals surface area contributed by atoms with Crippen LogP contribution < -0.4 is 5.32 Å². The largest absolute Gasteiger partial charge is 0.444 e. The minimum atomic E-state index is -1.35. The average Bonchev–Trinajstić information content (AvgIpc) is 2.36. The number of carbonyl (C=O) groups excluding carboxylic acids is 4. The molecule has 0 unspecified atom stereocenters. The van der Waals surface area contributed by atoms with Crippen molar-refractivity contribution in [3.63, 3.8) is 0 Å². The first-order chi connectivity index (χ1) is 12.7. The van der Waals surface area contributed by atoms with Crippen LogP contribution in [0.4, 0.5) is 14.4 Å². The van der Waals surface area contributed by atoms with Crippen LogP contribution in [0.15, 0.2) is 0 Å². The van der Waals surface area contributed by atoms with E-state index in [1.54, 1.807) is 76.2 Å². The Balaban J connectivity index is 5.89. The molecule has 0 saturated heterocycles. The van der Waals surface area contributed by atoms with Crippen LogP contribution in [0.25, 0.3) is 0 Å². The Hall–Kier alpha value is -2.32. The lowest BCUT2D eigenvalue weighted by atomic mass is 10.0. The number of rotatable bonds is 3. The van der Waals surface area contributed by atoms with E-state index in [-0.39, 0.29) is 0 Å². The molecule has 168 valence electrons. The van der Waals surface area contributed by atoms with Gasteiger partial charge in [0.05, 0.1) is 0 Å². The van der Waals surface area contributed by atoms with E-state index in [0.717, 1.165) is 0 Å². The summed E-state index contributed by atoms with van der Waals surface area (Å²) in [7, 11) is 0. The summed E-state index contributed by atoms with van der Waals surface area (Å²) in [5.74, 6) is -1.43. The third-order valence-electron chi connectivity index (χ3n) is 2.98. The summed E-state index contributed by atoms with van der Waals surface area (Å²) in [4.78, 5) is 50.9. The normalized spacial score (nSPS) is 13.4. The molecule has 29 heavy (non-hydrogen) atoms. The Bertz CT molecular complexity index is 594. The predicted molar refractivity (Wildman–Crippen MR) is 107 cm³/mol. The van der Waals surface area contributed by atoms with Crippen molar-refractivity contribution in [2.45, 2.75) is 99.0 Å². The number of nitrogens with zero attached hydrogens (tertiary/aromatic N) is 1. The SMILES string of the molecule is CC(C)[C@@H](C(=O)NC(=O)OC(C)(C)C)N(C(=O)OC(C)(C)C)C(=O)OC(C)(C)C. The molecule has 1 N–H and O–H groups in total. The van der Waals surface area contributed by atoms with Gasteiger partial charge in [-0.3, -0.25) is 10.1 Å². The fourth-order valence-electron chi connectivity index (χ4n) is 2.12. The Morgan fingerprint density at radius 3 is 1.31 bits per heavy atom. The van der Waals surface area contributed by atoms with Gasteiger partial charge < -0.3 is 14.2 Å². The number of alkyl carbamates (subject to hydrolysis) is 1. The van der Waals surface area contributed by atoms with Gasteiger partial charge in [-0.1, -0.05) is 13.8 Å². The first kappa shape index (κ1) is 26.7. The molecule has 0 aliphatic carbocycles. The summed E-state index contributed by atoms with van der Waals surface area (Å²) in [5, 5.41) is 2.08. The third-order valence-corrected chi connectivity index (χ3v) is 2.98. The van der Waals surface area contributed by atoms with Gasteiger partial charge in [0.1, 0.15) is 22.8 Å². The van der Waals surface area contributed by atoms with Crippen LogP contribution in [0, 0.1) is 5.92 Å². The molecule has 0 aromatic heterocycles. The maximum atomic E-state index is 12.8. The predicted octanol–water partition coefficient (Wildman–Crippen LogP) is 4.23. The minimum Gasteiger partial charge on any atom is -0.444 e. The van der Waals surface area contributed by atoms with Crippen LogP contribution in [0.2, 0.25) is 0 Å². The highest BCUT2D eigenvalue weighted by molar-refractivity contribution is 6.00. The fourth-order valence-corrected chi connectivity index (χ4v) is 2.12. The fraction of sp³-hybridized carbons (Fsp3) is 0.800. The zero-order valence-electron chi connectivity index (χ0n) is 19.5. The smallest absolute Gasteiger partial charge is 0.420 e. The number of hydrogen-bond donors (Lipinski definition) is 1. The second-order valence-electron chi connectivity index (χ2n) is 10.0. The van der Waals surface area contributed by atoms with Crippen LogP contribution in [0.1, 0.15) is 76.2 Å². The van der Waals surface area contributed by atoms with E-state index < -0.39 is 52.9 Å². The van der Waals surface area contributed by atoms with Crippen LogP contribution in [0.3, 0.4) is 0 Å². The van der Waals surface area contributed by atoms with Crippen LogP contribution >= 0.6 is 0 Å². The quantitative estimate of drug-likeness (QED) is 0.685. The summed E-state index contributed by atoms with van der Waals surface area (Å²) < 4.78 is 15.7. The Morgan fingerprint density at radius 1 is 0.690 bits per heavy atom. The molecule has 0 aliphatic rings. The molecule has 0 bridgehead atoms. The van der Waals surface area contributed by atoms with E-state index in [9.17, 15) is 19.2 Å². The highest BCUT2D eigenvalue weighted by Crippen LogP contribution is 2.21. The van der Waals surface area contributed by atoms with E-state index in [1.165, 1.54) is 0 Å². The van der Waals surface area contributed by atoms with Crippen molar-refractivity contribution in [3.05, 3.63) is 0 Å². The Labute approximate surface area is 173 Å². The molecule has 0 fully saturated rings. The van der Waals surface area contributed by atoms with Gasteiger partial charge in [0.15, 0.2) is 0 Å². The molecule has 0 rings (SSSR count). The van der Waals surface area contributed by atoms with Crippen LogP contribution in [-0.2, 0) is 19.0 Å². The van der Waals surface area contributed by atoms with Crippen molar-refractivity contribution in [3.8, 4) is 0 Å². The van der Waals surface area contributed by atoms with Crippen molar-refractivity contribution in [1.82, 2.24) is 10.2 Å². The molecule has 0 radical (unpaired) electrons. The van der Waals surface area contributed by atoms with Gasteiger partial charge in [0.2, 0.25) is 0 Å². The molecule has 4 amide bonds. The number of ether oxygens (including phenoxy) is 3. The van der Waals surface area contributed by atoms with Gasteiger partial charge >= 0.3 is 18.3 Å². The highest BCUT2D eigenvalue weighted by atomic mass is 16.6. The molecule has 1 atom stereocenters. The lowest BCUT2D eigenvalue weighted by molar-refractivity contribution is -0.127. The first-order valence-corrected chi connectivity index (χ1v) is 9.52. The Kier molecular flexibility index (Phi) is 8.70. The van der Waals surface area contributed by atoms with Crippen LogP contribution in [0.5, 0.6) is 0 Å². The second kappa shape index (κ2) is 9.45. The molecule has 0 aromatic carbocycles. The first-order valence-electron chi connectivity index (χ1n) is 9.52. The standard InChI is InChI=1S/C20H36N2O7/c1-12(2)13(14(23)21-15(24)27-18(3,4)5)22(16(25)28-19(6,7)8)17(26)29-20(9,10)11/h12-13H,1-11H3,(H,21,23,24)/t13-/m0/s1. The van der Waals surface area contributed by atoms with Gasteiger partial charge in [-0.2, -0.15) is 4.90 Å². The van der Waals surface area contributed by atoms with Gasteiger partial charge in [-0.25, -0.2) is 14.4 Å². The molecule has 9 heteroatoms. The van der Waals surface area contributed by atoms with E-state index in [0.29, 0.717) is 4.90 Å². The molecule has 0 heterocycles. The number of imide groups is 2. The lowest BCUT2D eigenvalue weighted by Crippen LogP contribution is -2.57. The van der Waals surface area contributed by atoms with Crippen molar-refractivity contribution >= 4 is 24.2 Å². The zero-order chi connectivity index (χ0) is 23.4. The van der Waals surface area contributed by atoms with Crippen molar-refractivity contribution in [2.75, 3.05) is 0 Å². The van der Waals surface area contributed by atoms with E-state index in [4.69, 9.17) is 14.2 Å². The molecule has 0 spiro atoms.